The molecule has 0 bridgehead atoms. The Bertz CT molecular complexity index is 554. The van der Waals surface area contributed by atoms with Crippen molar-refractivity contribution in [2.24, 2.45) is 10.9 Å². The van der Waals surface area contributed by atoms with Gasteiger partial charge in [0.15, 0.2) is 5.96 Å². The van der Waals surface area contributed by atoms with Crippen LogP contribution >= 0.6 is 11.3 Å². The second kappa shape index (κ2) is 9.72. The summed E-state index contributed by atoms with van der Waals surface area (Å²) in [5.74, 6) is 1.50. The number of nitrogens with one attached hydrogen (secondary N) is 2. The minimum absolute atomic E-state index is 0.114. The Kier molecular flexibility index (Phi) is 7.34. The Morgan fingerprint density at radius 2 is 2.12 bits per heavy atom. The number of aliphatic hydroxyl groups is 1. The molecule has 1 saturated carbocycles. The average molecular weight is 379 g/mol. The molecule has 2 fully saturated rings. The Labute approximate surface area is 161 Å². The highest BCUT2D eigenvalue weighted by Gasteiger charge is 2.31. The van der Waals surface area contributed by atoms with Gasteiger partial charge >= 0.3 is 0 Å². The molecular weight excluding hydrogens is 344 g/mol. The molecule has 146 valence electrons. The first-order chi connectivity index (χ1) is 12.7. The van der Waals surface area contributed by atoms with Gasteiger partial charge in [-0.25, -0.2) is 0 Å². The molecule has 3 rings (SSSR count). The first-order valence-corrected chi connectivity index (χ1v) is 11.0. The summed E-state index contributed by atoms with van der Waals surface area (Å²) in [6.07, 6.45) is 6.21. The van der Waals surface area contributed by atoms with Gasteiger partial charge < -0.3 is 15.7 Å². The van der Waals surface area contributed by atoms with E-state index in [1.807, 2.05) is 11.3 Å². The van der Waals surface area contributed by atoms with Crippen LogP contribution in [0.4, 0.5) is 0 Å². The maximum Gasteiger partial charge on any atom is 0.191 e. The highest BCUT2D eigenvalue weighted by Crippen LogP contribution is 2.37. The van der Waals surface area contributed by atoms with Crippen molar-refractivity contribution in [1.82, 2.24) is 15.5 Å². The number of aliphatic imine (C=N–C) groups is 1. The molecule has 1 aromatic rings. The predicted octanol–water partition coefficient (Wildman–Crippen LogP) is 2.99. The van der Waals surface area contributed by atoms with Crippen molar-refractivity contribution >= 4 is 17.3 Å². The van der Waals surface area contributed by atoms with Gasteiger partial charge in [-0.2, -0.15) is 0 Å². The minimum atomic E-state index is -0.114. The van der Waals surface area contributed by atoms with Crippen LogP contribution in [0.1, 0.15) is 56.4 Å². The molecule has 0 amide bonds. The Hall–Kier alpha value is -1.11. The van der Waals surface area contributed by atoms with E-state index in [0.717, 1.165) is 44.7 Å². The second-order valence-corrected chi connectivity index (χ2v) is 8.69. The van der Waals surface area contributed by atoms with Gasteiger partial charge in [-0.05, 0) is 76.4 Å². The minimum Gasteiger partial charge on any atom is -0.393 e. The lowest BCUT2D eigenvalue weighted by Gasteiger charge is -2.38. The third kappa shape index (κ3) is 5.21. The highest BCUT2D eigenvalue weighted by molar-refractivity contribution is 7.10. The Morgan fingerprint density at radius 3 is 2.81 bits per heavy atom. The van der Waals surface area contributed by atoms with Crippen LogP contribution in [-0.4, -0.2) is 54.8 Å². The van der Waals surface area contributed by atoms with E-state index in [4.69, 9.17) is 4.99 Å². The van der Waals surface area contributed by atoms with Crippen molar-refractivity contribution in [2.45, 2.75) is 63.6 Å². The van der Waals surface area contributed by atoms with Gasteiger partial charge in [-0.3, -0.25) is 9.89 Å². The van der Waals surface area contributed by atoms with E-state index in [-0.39, 0.29) is 6.10 Å². The van der Waals surface area contributed by atoms with Crippen LogP contribution in [0.15, 0.2) is 22.5 Å². The molecule has 5 nitrogen and oxygen atoms in total. The Balaban J connectivity index is 1.63. The maximum atomic E-state index is 9.71. The molecule has 2 atom stereocenters. The second-order valence-electron chi connectivity index (χ2n) is 7.71. The van der Waals surface area contributed by atoms with Crippen LogP contribution in [0.5, 0.6) is 0 Å². The van der Waals surface area contributed by atoms with Crippen molar-refractivity contribution in [3.05, 3.63) is 22.4 Å². The lowest BCUT2D eigenvalue weighted by molar-refractivity contribution is 0.120. The van der Waals surface area contributed by atoms with Crippen LogP contribution in [0.2, 0.25) is 0 Å². The molecule has 1 aliphatic heterocycles. The third-order valence-electron chi connectivity index (χ3n) is 5.71. The number of hydrogen-bond donors (Lipinski definition) is 3. The zero-order chi connectivity index (χ0) is 18.4. The van der Waals surface area contributed by atoms with E-state index in [1.54, 1.807) is 0 Å². The van der Waals surface area contributed by atoms with Gasteiger partial charge in [0.2, 0.25) is 0 Å². The van der Waals surface area contributed by atoms with Crippen LogP contribution in [0.3, 0.4) is 0 Å². The van der Waals surface area contributed by atoms with Crippen molar-refractivity contribution in [3.8, 4) is 0 Å². The van der Waals surface area contributed by atoms with Crippen LogP contribution in [0, 0.1) is 5.92 Å². The largest absolute Gasteiger partial charge is 0.393 e. The van der Waals surface area contributed by atoms with E-state index in [1.165, 1.54) is 24.3 Å². The van der Waals surface area contributed by atoms with Gasteiger partial charge in [-0.1, -0.05) is 6.07 Å². The SMILES string of the molecule is CCNC(=NCC1CCCN(C)C1c1cccs1)NC1CCC(O)CC1. The average Bonchev–Trinajstić information content (AvgIpc) is 3.16. The number of aliphatic hydroxyl groups excluding tert-OH is 1. The van der Waals surface area contributed by atoms with E-state index >= 15 is 0 Å². The fourth-order valence-electron chi connectivity index (χ4n) is 4.30. The summed E-state index contributed by atoms with van der Waals surface area (Å²) in [4.78, 5) is 8.92. The van der Waals surface area contributed by atoms with Gasteiger partial charge in [0, 0.05) is 30.1 Å². The van der Waals surface area contributed by atoms with Gasteiger partial charge in [0.25, 0.3) is 0 Å². The van der Waals surface area contributed by atoms with Gasteiger partial charge in [0.05, 0.1) is 6.10 Å². The highest BCUT2D eigenvalue weighted by atomic mass is 32.1. The van der Waals surface area contributed by atoms with Crippen molar-refractivity contribution in [1.29, 1.82) is 0 Å². The third-order valence-corrected chi connectivity index (χ3v) is 6.65. The van der Waals surface area contributed by atoms with E-state index in [2.05, 4.69) is 47.0 Å². The number of thiophene rings is 1. The van der Waals surface area contributed by atoms with E-state index < -0.39 is 0 Å². The molecule has 1 saturated heterocycles. The Morgan fingerprint density at radius 1 is 1.31 bits per heavy atom. The molecule has 0 aromatic carbocycles. The molecule has 26 heavy (non-hydrogen) atoms. The number of guanidine groups is 1. The molecule has 6 heteroatoms. The zero-order valence-electron chi connectivity index (χ0n) is 16.2. The number of rotatable bonds is 5. The predicted molar refractivity (Wildman–Crippen MR) is 110 cm³/mol. The molecule has 1 aliphatic carbocycles. The summed E-state index contributed by atoms with van der Waals surface area (Å²) in [7, 11) is 2.25. The monoisotopic (exact) mass is 378 g/mol. The maximum absolute atomic E-state index is 9.71. The van der Waals surface area contributed by atoms with Crippen molar-refractivity contribution < 1.29 is 5.11 Å². The van der Waals surface area contributed by atoms with Gasteiger partial charge in [0.1, 0.15) is 0 Å². The number of nitrogens with zero attached hydrogens (tertiary/aromatic N) is 2. The van der Waals surface area contributed by atoms with E-state index in [0.29, 0.717) is 18.0 Å². The lowest BCUT2D eigenvalue weighted by atomic mass is 9.88. The molecule has 0 radical (unpaired) electrons. The first-order valence-electron chi connectivity index (χ1n) is 10.1. The number of likely N-dealkylation sites (tertiary alicyclic amines) is 1. The van der Waals surface area contributed by atoms with Crippen molar-refractivity contribution in [3.63, 3.8) is 0 Å². The molecule has 0 spiro atoms. The lowest BCUT2D eigenvalue weighted by Crippen LogP contribution is -2.46. The van der Waals surface area contributed by atoms with Gasteiger partial charge in [-0.15, -0.1) is 11.3 Å². The summed E-state index contributed by atoms with van der Waals surface area (Å²) < 4.78 is 0. The van der Waals surface area contributed by atoms with E-state index in [9.17, 15) is 5.11 Å². The summed E-state index contributed by atoms with van der Waals surface area (Å²) in [5, 5.41) is 18.9. The summed E-state index contributed by atoms with van der Waals surface area (Å²) in [6.45, 7) is 5.02. The molecule has 2 aliphatic rings. The summed E-state index contributed by atoms with van der Waals surface area (Å²) in [5.41, 5.74) is 0. The summed E-state index contributed by atoms with van der Waals surface area (Å²) in [6, 6.07) is 5.34. The van der Waals surface area contributed by atoms with Crippen LogP contribution < -0.4 is 10.6 Å². The van der Waals surface area contributed by atoms with Crippen molar-refractivity contribution in [2.75, 3.05) is 26.7 Å². The number of hydrogen-bond acceptors (Lipinski definition) is 4. The summed E-state index contributed by atoms with van der Waals surface area (Å²) >= 11 is 1.87. The first kappa shape index (κ1) is 19.6. The fourth-order valence-corrected chi connectivity index (χ4v) is 5.29. The zero-order valence-corrected chi connectivity index (χ0v) is 17.0. The normalized spacial score (nSPS) is 31.0. The molecule has 2 unspecified atom stereocenters. The smallest absolute Gasteiger partial charge is 0.191 e. The molecule has 3 N–H and O–H groups in total. The fraction of sp³-hybridized carbons (Fsp3) is 0.750. The molecule has 1 aromatic heterocycles. The topological polar surface area (TPSA) is 59.9 Å². The quantitative estimate of drug-likeness (QED) is 0.545. The van der Waals surface area contributed by atoms with Crippen LogP contribution in [0.25, 0.3) is 0 Å². The molecular formula is C20H34N4OS. The standard InChI is InChI=1S/C20H34N4OS/c1-3-21-20(23-16-8-10-17(25)11-9-16)22-14-15-6-4-12-24(2)19(15)18-7-5-13-26-18/h5,7,13,15-17,19,25H,3-4,6,8-12,14H2,1-2H3,(H2,21,22,23). The molecule has 2 heterocycles. The van der Waals surface area contributed by atoms with Crippen LogP contribution in [-0.2, 0) is 0 Å². The number of piperidine rings is 1.